The van der Waals surface area contributed by atoms with Crippen LogP contribution in [0.4, 0.5) is 0 Å². The van der Waals surface area contributed by atoms with Crippen LogP contribution in [0.3, 0.4) is 0 Å². The predicted molar refractivity (Wildman–Crippen MR) is 36.3 cm³/mol. The average Bonchev–Trinajstić information content (AvgIpc) is 1.89. The first-order valence-corrected chi connectivity index (χ1v) is 13.7. The van der Waals surface area contributed by atoms with Crippen molar-refractivity contribution < 1.29 is 28.1 Å². The van der Waals surface area contributed by atoms with E-state index >= 15 is 0 Å². The number of hydrogen-bond donors (Lipinski definition) is 0. The van der Waals surface area contributed by atoms with Crippen LogP contribution >= 0.6 is 8.25 Å². The second-order valence-electron chi connectivity index (χ2n) is 1.85. The predicted octanol–water partition coefficient (Wildman–Crippen LogP) is 2.23. The molecule has 0 spiro atoms. The molecule has 0 saturated heterocycles. The summed E-state index contributed by atoms with van der Waals surface area (Å²) in [4.78, 5) is 0. The van der Waals surface area contributed by atoms with Gasteiger partial charge in [-0.05, 0) is 0 Å². The number of hydrogen-bond acceptors (Lipinski definition) is 1. The van der Waals surface area contributed by atoms with Crippen LogP contribution < -0.4 is 0 Å². The summed E-state index contributed by atoms with van der Waals surface area (Å²) < 4.78 is 6.14. The molecule has 0 aliphatic carbocycles. The molecule has 1 nitrogen and oxygen atoms in total. The molecule has 0 aromatic heterocycles. The molecule has 0 aliphatic rings. The van der Waals surface area contributed by atoms with Crippen molar-refractivity contribution in [2.45, 2.75) is 17.0 Å². The van der Waals surface area contributed by atoms with Crippen molar-refractivity contribution in [3.05, 3.63) is 12.2 Å². The third kappa shape index (κ3) is 6.81. The van der Waals surface area contributed by atoms with E-state index in [0.717, 1.165) is 3.93 Å². The Morgan fingerprint density at radius 1 is 1.78 bits per heavy atom. The number of ether oxygens (including phenoxy) is 1. The summed E-state index contributed by atoms with van der Waals surface area (Å²) in [6, 6.07) is 0. The van der Waals surface area contributed by atoms with Crippen LogP contribution in [0.5, 0.6) is 0 Å². The van der Waals surface area contributed by atoms with E-state index in [1.165, 1.54) is 0 Å². The number of rotatable bonds is 4. The van der Waals surface area contributed by atoms with Gasteiger partial charge in [0.2, 0.25) is 0 Å². The van der Waals surface area contributed by atoms with E-state index in [1.54, 1.807) is 7.11 Å². The van der Waals surface area contributed by atoms with E-state index in [1.807, 2.05) is 6.92 Å². The fourth-order valence-corrected chi connectivity index (χ4v) is 2.77. The zero-order chi connectivity index (χ0) is 7.11. The zero-order valence-electron chi connectivity index (χ0n) is 5.93. The van der Waals surface area contributed by atoms with Crippen LogP contribution in [0.1, 0.15) is 6.92 Å². The Hall–Kier alpha value is 0.925. The molecule has 50 valence electrons. The number of allylic oxidation sites excluding steroid dienone is 1. The van der Waals surface area contributed by atoms with Gasteiger partial charge >= 0.3 is 72.5 Å². The molecule has 0 aromatic carbocycles. The summed E-state index contributed by atoms with van der Waals surface area (Å²) in [5.41, 5.74) is 0. The van der Waals surface area contributed by atoms with Gasteiger partial charge in [0.15, 0.2) is 0 Å². The molecule has 1 atom stereocenters. The molecular formula is C6H11ClHgO. The van der Waals surface area contributed by atoms with Crippen LogP contribution in [0.2, 0.25) is 3.93 Å². The third-order valence-corrected chi connectivity index (χ3v) is 5.11. The SMILES string of the molecule is COC(C)/C=C/[CH2][Hg][Cl]. The van der Waals surface area contributed by atoms with Crippen molar-refractivity contribution >= 4 is 8.25 Å². The van der Waals surface area contributed by atoms with Crippen molar-refractivity contribution in [3.63, 3.8) is 0 Å². The van der Waals surface area contributed by atoms with Gasteiger partial charge in [-0.25, -0.2) is 0 Å². The molecule has 0 bridgehead atoms. The van der Waals surface area contributed by atoms with E-state index in [0.29, 0.717) is 0 Å². The summed E-state index contributed by atoms with van der Waals surface area (Å²) in [5, 5.41) is 0. The van der Waals surface area contributed by atoms with Crippen molar-refractivity contribution in [1.29, 1.82) is 0 Å². The maximum atomic E-state index is 5.66. The first kappa shape index (κ1) is 9.93. The normalized spacial score (nSPS) is 13.7. The van der Waals surface area contributed by atoms with Gasteiger partial charge in [-0.1, -0.05) is 0 Å². The van der Waals surface area contributed by atoms with E-state index in [2.05, 4.69) is 12.2 Å². The van der Waals surface area contributed by atoms with Gasteiger partial charge in [-0.3, -0.25) is 0 Å². The van der Waals surface area contributed by atoms with E-state index in [4.69, 9.17) is 13.0 Å². The molecule has 9 heavy (non-hydrogen) atoms. The first-order valence-electron chi connectivity index (χ1n) is 3.06. The van der Waals surface area contributed by atoms with Gasteiger partial charge in [0.25, 0.3) is 0 Å². The number of methoxy groups -OCH3 is 1. The third-order valence-electron chi connectivity index (χ3n) is 1.05. The second-order valence-corrected chi connectivity index (χ2v) is 8.88. The zero-order valence-corrected chi connectivity index (χ0v) is 12.2. The first-order chi connectivity index (χ1) is 4.31. The van der Waals surface area contributed by atoms with Crippen molar-refractivity contribution in [3.8, 4) is 0 Å². The van der Waals surface area contributed by atoms with Crippen molar-refractivity contribution in [1.82, 2.24) is 0 Å². The molecule has 0 aromatic rings. The molecule has 0 amide bonds. The van der Waals surface area contributed by atoms with E-state index in [9.17, 15) is 0 Å². The van der Waals surface area contributed by atoms with Gasteiger partial charge in [0, 0.05) is 0 Å². The Bertz CT molecular complexity index is 85.1. The Balaban J connectivity index is 3.20. The fraction of sp³-hybridized carbons (Fsp3) is 0.667. The summed E-state index contributed by atoms with van der Waals surface area (Å²) >= 11 is -0.903. The topological polar surface area (TPSA) is 9.23 Å². The molecule has 0 rings (SSSR count). The fourth-order valence-electron chi connectivity index (χ4n) is 0.429. The molecule has 0 radical (unpaired) electrons. The van der Waals surface area contributed by atoms with Gasteiger partial charge in [0.05, 0.1) is 0 Å². The van der Waals surface area contributed by atoms with Gasteiger partial charge < -0.3 is 0 Å². The van der Waals surface area contributed by atoms with Crippen LogP contribution in [0, 0.1) is 0 Å². The summed E-state index contributed by atoms with van der Waals surface area (Å²) in [6.07, 6.45) is 4.44. The molecule has 3 heteroatoms. The minimum absolute atomic E-state index is 0.251. The monoisotopic (exact) mass is 336 g/mol. The molecule has 0 fully saturated rings. The van der Waals surface area contributed by atoms with Gasteiger partial charge in [0.1, 0.15) is 0 Å². The standard InChI is InChI=1S/C6H11O.ClH.Hg/c1-4-5-6(2)7-3;;/h4-6H,1H2,2-3H3;1H;/q;;+1/p-1/b5-4+;;. The summed E-state index contributed by atoms with van der Waals surface area (Å²) in [6.45, 7) is 2.02. The average molecular weight is 335 g/mol. The van der Waals surface area contributed by atoms with E-state index < -0.39 is 23.3 Å². The van der Waals surface area contributed by atoms with Gasteiger partial charge in [-0.15, -0.1) is 0 Å². The summed E-state index contributed by atoms with van der Waals surface area (Å²) in [7, 11) is 7.37. The molecule has 0 aliphatic heterocycles. The van der Waals surface area contributed by atoms with Crippen LogP contribution in [0.25, 0.3) is 0 Å². The Morgan fingerprint density at radius 2 is 2.44 bits per heavy atom. The Kier molecular flexibility index (Phi) is 7.76. The van der Waals surface area contributed by atoms with Crippen molar-refractivity contribution in [2.24, 2.45) is 0 Å². The van der Waals surface area contributed by atoms with Gasteiger partial charge in [-0.2, -0.15) is 0 Å². The van der Waals surface area contributed by atoms with Crippen molar-refractivity contribution in [2.75, 3.05) is 7.11 Å². The molecule has 1 unspecified atom stereocenters. The van der Waals surface area contributed by atoms with Crippen LogP contribution in [0.15, 0.2) is 12.2 Å². The molecule has 0 N–H and O–H groups in total. The van der Waals surface area contributed by atoms with E-state index in [-0.39, 0.29) is 6.10 Å². The van der Waals surface area contributed by atoms with Crippen LogP contribution in [-0.2, 0) is 28.1 Å². The molecular weight excluding hydrogens is 324 g/mol. The summed E-state index contributed by atoms with van der Waals surface area (Å²) in [5.74, 6) is 0. The van der Waals surface area contributed by atoms with Crippen LogP contribution in [-0.4, -0.2) is 13.2 Å². The molecule has 0 saturated carbocycles. The Labute approximate surface area is 72.3 Å². The number of halogens is 1. The Morgan fingerprint density at radius 3 is 2.89 bits per heavy atom. The second kappa shape index (κ2) is 7.04. The quantitative estimate of drug-likeness (QED) is 0.566. The maximum absolute atomic E-state index is 5.66. The minimum atomic E-state index is -0.903. The molecule has 0 heterocycles.